The fourth-order valence-corrected chi connectivity index (χ4v) is 2.64. The van der Waals surface area contributed by atoms with Crippen LogP contribution in [-0.4, -0.2) is 28.6 Å². The first kappa shape index (κ1) is 13.8. The van der Waals surface area contributed by atoms with Crippen LogP contribution in [0.3, 0.4) is 0 Å². The van der Waals surface area contributed by atoms with Crippen LogP contribution in [0.1, 0.15) is 39.0 Å². The van der Waals surface area contributed by atoms with E-state index in [9.17, 15) is 0 Å². The van der Waals surface area contributed by atoms with E-state index in [2.05, 4.69) is 32.6 Å². The predicted molar refractivity (Wildman–Crippen MR) is 73.9 cm³/mol. The molecule has 1 saturated carbocycles. The Balaban J connectivity index is 2.06. The lowest BCUT2D eigenvalue weighted by molar-refractivity contribution is 0.306. The van der Waals surface area contributed by atoms with E-state index in [-0.39, 0.29) is 6.01 Å². The fourth-order valence-electron chi connectivity index (χ4n) is 2.64. The van der Waals surface area contributed by atoms with Crippen molar-refractivity contribution in [2.45, 2.75) is 39.0 Å². The molecule has 7 heteroatoms. The summed E-state index contributed by atoms with van der Waals surface area (Å²) in [6, 6.07) is 0.252. The van der Waals surface area contributed by atoms with Gasteiger partial charge in [0.2, 0.25) is 11.9 Å². The lowest BCUT2D eigenvalue weighted by atomic mass is 9.83. The molecular weight excluding hydrogens is 244 g/mol. The zero-order valence-electron chi connectivity index (χ0n) is 11.6. The van der Waals surface area contributed by atoms with Crippen molar-refractivity contribution in [3.05, 3.63) is 0 Å². The van der Waals surface area contributed by atoms with Gasteiger partial charge in [0.15, 0.2) is 0 Å². The van der Waals surface area contributed by atoms with Crippen molar-refractivity contribution in [2.24, 2.45) is 11.3 Å². The average molecular weight is 266 g/mol. The summed E-state index contributed by atoms with van der Waals surface area (Å²) in [5.41, 5.74) is 2.78. The molecule has 1 aromatic rings. The molecule has 0 aromatic carbocycles. The fraction of sp³-hybridized carbons (Fsp3) is 0.750. The second kappa shape index (κ2) is 6.01. The quantitative estimate of drug-likeness (QED) is 0.530. The van der Waals surface area contributed by atoms with Gasteiger partial charge in [0.25, 0.3) is 0 Å². The largest absolute Gasteiger partial charge is 0.467 e. The number of anilines is 2. The number of hydrazine groups is 1. The number of rotatable bonds is 6. The number of hydrogen-bond acceptors (Lipinski definition) is 7. The summed E-state index contributed by atoms with van der Waals surface area (Å²) in [7, 11) is 1.52. The molecule has 19 heavy (non-hydrogen) atoms. The van der Waals surface area contributed by atoms with Crippen LogP contribution in [0.4, 0.5) is 11.9 Å². The van der Waals surface area contributed by atoms with Gasteiger partial charge in [-0.05, 0) is 24.7 Å². The van der Waals surface area contributed by atoms with Crippen LogP contribution in [0.2, 0.25) is 0 Å². The third-order valence-electron chi connectivity index (χ3n) is 3.96. The highest BCUT2D eigenvalue weighted by molar-refractivity contribution is 5.35. The standard InChI is InChI=1S/C12H22N6O/c1-3-12(6-4-5-7-12)8-14-9-15-10(18-13)17-11(16-9)19-2/h3-8,13H2,1-2H3,(H2,14,15,16,17,18). The van der Waals surface area contributed by atoms with Crippen LogP contribution < -0.4 is 21.3 Å². The van der Waals surface area contributed by atoms with Gasteiger partial charge < -0.3 is 10.1 Å². The number of nitrogens with two attached hydrogens (primary N) is 1. The molecule has 106 valence electrons. The summed E-state index contributed by atoms with van der Waals surface area (Å²) in [6.07, 6.45) is 6.32. The van der Waals surface area contributed by atoms with Crippen molar-refractivity contribution in [1.82, 2.24) is 15.0 Å². The van der Waals surface area contributed by atoms with Crippen molar-refractivity contribution < 1.29 is 4.74 Å². The Morgan fingerprint density at radius 3 is 2.47 bits per heavy atom. The molecule has 1 aliphatic rings. The highest BCUT2D eigenvalue weighted by atomic mass is 16.5. The molecule has 1 aliphatic carbocycles. The van der Waals surface area contributed by atoms with Gasteiger partial charge in [-0.25, -0.2) is 5.84 Å². The van der Waals surface area contributed by atoms with E-state index in [1.807, 2.05) is 0 Å². The van der Waals surface area contributed by atoms with Crippen molar-refractivity contribution >= 4 is 11.9 Å². The molecule has 0 spiro atoms. The smallest absolute Gasteiger partial charge is 0.322 e. The van der Waals surface area contributed by atoms with E-state index >= 15 is 0 Å². The molecule has 0 aliphatic heterocycles. The second-order valence-corrected chi connectivity index (χ2v) is 5.03. The molecule has 0 unspecified atom stereocenters. The summed E-state index contributed by atoms with van der Waals surface area (Å²) in [6.45, 7) is 3.12. The maximum Gasteiger partial charge on any atom is 0.322 e. The molecular formula is C12H22N6O. The van der Waals surface area contributed by atoms with E-state index in [0.29, 0.717) is 17.3 Å². The van der Waals surface area contributed by atoms with Crippen molar-refractivity contribution in [1.29, 1.82) is 0 Å². The Kier molecular flexibility index (Phi) is 4.36. The van der Waals surface area contributed by atoms with E-state index < -0.39 is 0 Å². The molecule has 0 bridgehead atoms. The topological polar surface area (TPSA) is 98.0 Å². The van der Waals surface area contributed by atoms with Crippen molar-refractivity contribution in [3.8, 4) is 6.01 Å². The van der Waals surface area contributed by atoms with E-state index in [4.69, 9.17) is 10.6 Å². The van der Waals surface area contributed by atoms with E-state index in [1.54, 1.807) is 0 Å². The molecule has 0 atom stereocenters. The van der Waals surface area contributed by atoms with Crippen molar-refractivity contribution in [3.63, 3.8) is 0 Å². The minimum Gasteiger partial charge on any atom is -0.467 e. The number of nitrogen functional groups attached to an aromatic ring is 1. The first-order valence-corrected chi connectivity index (χ1v) is 6.72. The number of methoxy groups -OCH3 is 1. The zero-order chi connectivity index (χ0) is 13.7. The van der Waals surface area contributed by atoms with Gasteiger partial charge in [-0.2, -0.15) is 15.0 Å². The molecule has 1 fully saturated rings. The minimum absolute atomic E-state index is 0.252. The molecule has 0 radical (unpaired) electrons. The second-order valence-electron chi connectivity index (χ2n) is 5.03. The molecule has 0 amide bonds. The first-order valence-electron chi connectivity index (χ1n) is 6.72. The summed E-state index contributed by atoms with van der Waals surface area (Å²) < 4.78 is 5.02. The Bertz CT molecular complexity index is 396. The van der Waals surface area contributed by atoms with E-state index in [1.165, 1.54) is 39.2 Å². The van der Waals surface area contributed by atoms with Gasteiger partial charge in [-0.1, -0.05) is 19.8 Å². The zero-order valence-corrected chi connectivity index (χ0v) is 11.6. The van der Waals surface area contributed by atoms with Gasteiger partial charge in [-0.3, -0.25) is 5.43 Å². The van der Waals surface area contributed by atoms with E-state index in [0.717, 1.165) is 6.54 Å². The normalized spacial score (nSPS) is 17.2. The summed E-state index contributed by atoms with van der Waals surface area (Å²) in [5, 5.41) is 3.29. The Hall–Kier alpha value is -1.63. The molecule has 7 nitrogen and oxygen atoms in total. The highest BCUT2D eigenvalue weighted by Crippen LogP contribution is 2.40. The van der Waals surface area contributed by atoms with Crippen LogP contribution in [-0.2, 0) is 0 Å². The first-order chi connectivity index (χ1) is 9.21. The third-order valence-corrected chi connectivity index (χ3v) is 3.96. The number of nitrogens with zero attached hydrogens (tertiary/aromatic N) is 3. The van der Waals surface area contributed by atoms with Crippen LogP contribution in [0.5, 0.6) is 6.01 Å². The number of aromatic nitrogens is 3. The molecule has 4 N–H and O–H groups in total. The average Bonchev–Trinajstić information content (AvgIpc) is 2.94. The maximum atomic E-state index is 5.33. The van der Waals surface area contributed by atoms with Crippen LogP contribution in [0, 0.1) is 5.41 Å². The monoisotopic (exact) mass is 266 g/mol. The van der Waals surface area contributed by atoms with Crippen LogP contribution in [0.15, 0.2) is 0 Å². The van der Waals surface area contributed by atoms with Crippen molar-refractivity contribution in [2.75, 3.05) is 24.4 Å². The van der Waals surface area contributed by atoms with Gasteiger partial charge in [0, 0.05) is 6.54 Å². The summed E-state index contributed by atoms with van der Waals surface area (Å²) in [4.78, 5) is 12.3. The third kappa shape index (κ3) is 3.23. The van der Waals surface area contributed by atoms with Gasteiger partial charge in [0.1, 0.15) is 0 Å². The minimum atomic E-state index is 0.252. The van der Waals surface area contributed by atoms with Crippen LogP contribution in [0.25, 0.3) is 0 Å². The van der Waals surface area contributed by atoms with Gasteiger partial charge >= 0.3 is 6.01 Å². The Morgan fingerprint density at radius 2 is 1.89 bits per heavy atom. The summed E-state index contributed by atoms with van der Waals surface area (Å²) >= 11 is 0. The van der Waals surface area contributed by atoms with Crippen LogP contribution >= 0.6 is 0 Å². The molecule has 1 heterocycles. The number of hydrogen-bond donors (Lipinski definition) is 3. The number of ether oxygens (including phenoxy) is 1. The highest BCUT2D eigenvalue weighted by Gasteiger charge is 2.31. The Labute approximate surface area is 113 Å². The Morgan fingerprint density at radius 1 is 1.21 bits per heavy atom. The number of nitrogens with one attached hydrogen (secondary N) is 2. The molecule has 0 saturated heterocycles. The summed E-state index contributed by atoms with van der Waals surface area (Å²) in [5.74, 6) is 6.12. The maximum absolute atomic E-state index is 5.33. The lowest BCUT2D eigenvalue weighted by Crippen LogP contribution is -2.27. The van der Waals surface area contributed by atoms with Gasteiger partial charge in [0.05, 0.1) is 7.11 Å². The lowest BCUT2D eigenvalue weighted by Gasteiger charge is -2.27. The molecule has 1 aromatic heterocycles. The predicted octanol–water partition coefficient (Wildman–Crippen LogP) is 1.55. The SMILES string of the molecule is CCC1(CNc2nc(NN)nc(OC)n2)CCCC1. The van der Waals surface area contributed by atoms with Gasteiger partial charge in [-0.15, -0.1) is 0 Å². The molecule has 2 rings (SSSR count).